The van der Waals surface area contributed by atoms with Gasteiger partial charge in [0.05, 0.1) is 12.0 Å². The number of hydrogen-bond donors (Lipinski definition) is 0. The van der Waals surface area contributed by atoms with Crippen LogP contribution < -0.4 is 0 Å². The van der Waals surface area contributed by atoms with E-state index >= 15 is 0 Å². The molecular weight excluding hydrogens is 174 g/mol. The fourth-order valence-electron chi connectivity index (χ4n) is 0.718. The van der Waals surface area contributed by atoms with Gasteiger partial charge in [0.25, 0.3) is 0 Å². The van der Waals surface area contributed by atoms with Gasteiger partial charge in [-0.05, 0) is 23.4 Å². The molecule has 0 aromatic carbocycles. The molecule has 12 heavy (non-hydrogen) atoms. The Morgan fingerprint density at radius 2 is 2.58 bits per heavy atom. The number of azide groups is 1. The van der Waals surface area contributed by atoms with Gasteiger partial charge in [0.15, 0.2) is 0 Å². The number of rotatable bonds is 5. The first kappa shape index (κ1) is 9.03. The van der Waals surface area contributed by atoms with Crippen LogP contribution in [0.3, 0.4) is 0 Å². The summed E-state index contributed by atoms with van der Waals surface area (Å²) in [5.41, 5.74) is 7.98. The van der Waals surface area contributed by atoms with E-state index in [1.807, 2.05) is 12.1 Å². The van der Waals surface area contributed by atoms with Crippen LogP contribution in [-0.4, -0.2) is 12.3 Å². The fraction of sp³-hybridized carbons (Fsp3) is 0.429. The molecule has 1 heterocycles. The third-order valence-electron chi connectivity index (χ3n) is 1.22. The SMILES string of the molecule is [N-]=[N+]=NCCSCc1ccco1. The highest BCUT2D eigenvalue weighted by molar-refractivity contribution is 7.98. The summed E-state index contributed by atoms with van der Waals surface area (Å²) in [5, 5.41) is 3.42. The van der Waals surface area contributed by atoms with Crippen molar-refractivity contribution in [2.75, 3.05) is 12.3 Å². The highest BCUT2D eigenvalue weighted by Gasteiger charge is 1.93. The van der Waals surface area contributed by atoms with E-state index in [0.29, 0.717) is 6.54 Å². The van der Waals surface area contributed by atoms with Crippen molar-refractivity contribution in [2.24, 2.45) is 5.11 Å². The standard InChI is InChI=1S/C7H9N3OS/c8-10-9-3-5-12-6-7-2-1-4-11-7/h1-2,4H,3,5-6H2. The van der Waals surface area contributed by atoms with Gasteiger partial charge in [0, 0.05) is 11.5 Å². The molecule has 0 aliphatic heterocycles. The van der Waals surface area contributed by atoms with Crippen LogP contribution in [0.25, 0.3) is 10.4 Å². The monoisotopic (exact) mass is 183 g/mol. The van der Waals surface area contributed by atoms with E-state index in [1.165, 1.54) is 0 Å². The van der Waals surface area contributed by atoms with E-state index in [-0.39, 0.29) is 0 Å². The molecule has 0 fully saturated rings. The van der Waals surface area contributed by atoms with Gasteiger partial charge in [0.2, 0.25) is 0 Å². The van der Waals surface area contributed by atoms with Crippen molar-refractivity contribution in [3.05, 3.63) is 34.6 Å². The van der Waals surface area contributed by atoms with E-state index in [0.717, 1.165) is 17.3 Å². The van der Waals surface area contributed by atoms with Crippen molar-refractivity contribution in [1.82, 2.24) is 0 Å². The van der Waals surface area contributed by atoms with Crippen molar-refractivity contribution in [3.8, 4) is 0 Å². The summed E-state index contributed by atoms with van der Waals surface area (Å²) < 4.78 is 5.12. The average molecular weight is 183 g/mol. The maximum atomic E-state index is 7.98. The maximum Gasteiger partial charge on any atom is 0.113 e. The first-order valence-corrected chi connectivity index (χ1v) is 4.70. The molecule has 0 amide bonds. The molecule has 1 aromatic heterocycles. The summed E-state index contributed by atoms with van der Waals surface area (Å²) in [6, 6.07) is 3.80. The number of thioether (sulfide) groups is 1. The quantitative estimate of drug-likeness (QED) is 0.305. The number of furan rings is 1. The first-order valence-electron chi connectivity index (χ1n) is 3.54. The first-order chi connectivity index (χ1) is 5.93. The van der Waals surface area contributed by atoms with Crippen LogP contribution in [0.2, 0.25) is 0 Å². The average Bonchev–Trinajstić information content (AvgIpc) is 2.57. The van der Waals surface area contributed by atoms with Gasteiger partial charge in [0.1, 0.15) is 5.76 Å². The predicted molar refractivity (Wildman–Crippen MR) is 48.9 cm³/mol. The molecule has 1 aromatic rings. The Labute approximate surface area is 74.6 Å². The Hall–Kier alpha value is -1.06. The van der Waals surface area contributed by atoms with Gasteiger partial charge in [-0.3, -0.25) is 0 Å². The second-order valence-electron chi connectivity index (χ2n) is 2.09. The fourth-order valence-corrected chi connectivity index (χ4v) is 1.44. The van der Waals surface area contributed by atoms with Gasteiger partial charge in [-0.1, -0.05) is 5.11 Å². The molecule has 0 aliphatic carbocycles. The lowest BCUT2D eigenvalue weighted by Gasteiger charge is -1.93. The van der Waals surface area contributed by atoms with Crippen molar-refractivity contribution in [2.45, 2.75) is 5.75 Å². The molecule has 4 nitrogen and oxygen atoms in total. The molecule has 0 bridgehead atoms. The Morgan fingerprint density at radius 1 is 1.67 bits per heavy atom. The summed E-state index contributed by atoms with van der Waals surface area (Å²) in [7, 11) is 0. The van der Waals surface area contributed by atoms with Crippen LogP contribution in [0, 0.1) is 0 Å². The molecule has 0 aliphatic rings. The molecule has 64 valence electrons. The van der Waals surface area contributed by atoms with Gasteiger partial charge in [-0.2, -0.15) is 11.8 Å². The molecule has 0 radical (unpaired) electrons. The molecule has 0 saturated carbocycles. The van der Waals surface area contributed by atoms with E-state index in [9.17, 15) is 0 Å². The third-order valence-corrected chi connectivity index (χ3v) is 2.18. The summed E-state index contributed by atoms with van der Waals surface area (Å²) in [5.74, 6) is 2.64. The molecule has 1 rings (SSSR count). The topological polar surface area (TPSA) is 61.9 Å². The van der Waals surface area contributed by atoms with E-state index < -0.39 is 0 Å². The minimum Gasteiger partial charge on any atom is -0.468 e. The molecule has 0 atom stereocenters. The normalized spacial score (nSPS) is 9.33. The van der Waals surface area contributed by atoms with Crippen LogP contribution in [-0.2, 0) is 5.75 Å². The maximum absolute atomic E-state index is 7.98. The highest BCUT2D eigenvalue weighted by Crippen LogP contribution is 2.11. The van der Waals surface area contributed by atoms with Gasteiger partial charge in [-0.25, -0.2) is 0 Å². The molecular formula is C7H9N3OS. The van der Waals surface area contributed by atoms with Crippen molar-refractivity contribution in [1.29, 1.82) is 0 Å². The summed E-state index contributed by atoms with van der Waals surface area (Å²) in [6.45, 7) is 0.544. The van der Waals surface area contributed by atoms with Crippen LogP contribution >= 0.6 is 11.8 Å². The van der Waals surface area contributed by atoms with Gasteiger partial charge < -0.3 is 4.42 Å². The summed E-state index contributed by atoms with van der Waals surface area (Å²) >= 11 is 1.69. The Balaban J connectivity index is 2.07. The third kappa shape index (κ3) is 3.37. The Morgan fingerprint density at radius 3 is 3.25 bits per heavy atom. The van der Waals surface area contributed by atoms with Crippen LogP contribution in [0.4, 0.5) is 0 Å². The predicted octanol–water partition coefficient (Wildman–Crippen LogP) is 2.82. The zero-order chi connectivity index (χ0) is 8.65. The molecule has 0 spiro atoms. The van der Waals surface area contributed by atoms with Gasteiger partial charge in [-0.15, -0.1) is 0 Å². The largest absolute Gasteiger partial charge is 0.468 e. The zero-order valence-electron chi connectivity index (χ0n) is 6.51. The van der Waals surface area contributed by atoms with Crippen molar-refractivity contribution >= 4 is 11.8 Å². The second-order valence-corrected chi connectivity index (χ2v) is 3.19. The van der Waals surface area contributed by atoms with Crippen LogP contribution in [0.15, 0.2) is 27.9 Å². The van der Waals surface area contributed by atoms with E-state index in [4.69, 9.17) is 9.95 Å². The van der Waals surface area contributed by atoms with Crippen molar-refractivity contribution < 1.29 is 4.42 Å². The zero-order valence-corrected chi connectivity index (χ0v) is 7.33. The summed E-state index contributed by atoms with van der Waals surface area (Å²) in [4.78, 5) is 2.66. The highest BCUT2D eigenvalue weighted by atomic mass is 32.2. The Bertz CT molecular complexity index is 254. The number of nitrogens with zero attached hydrogens (tertiary/aromatic N) is 3. The lowest BCUT2D eigenvalue weighted by molar-refractivity contribution is 0.530. The smallest absolute Gasteiger partial charge is 0.113 e. The van der Waals surface area contributed by atoms with Crippen LogP contribution in [0.5, 0.6) is 0 Å². The number of hydrogen-bond acceptors (Lipinski definition) is 3. The Kier molecular flexibility index (Phi) is 4.19. The minimum absolute atomic E-state index is 0.544. The minimum atomic E-state index is 0.544. The lowest BCUT2D eigenvalue weighted by Crippen LogP contribution is -1.84. The molecule has 0 saturated heterocycles. The molecule has 0 unspecified atom stereocenters. The molecule has 0 N–H and O–H groups in total. The lowest BCUT2D eigenvalue weighted by atomic mass is 10.5. The van der Waals surface area contributed by atoms with E-state index in [2.05, 4.69) is 10.0 Å². The van der Waals surface area contributed by atoms with Crippen molar-refractivity contribution in [3.63, 3.8) is 0 Å². The van der Waals surface area contributed by atoms with E-state index in [1.54, 1.807) is 18.0 Å². The summed E-state index contributed by atoms with van der Waals surface area (Å²) in [6.07, 6.45) is 1.66. The van der Waals surface area contributed by atoms with Crippen LogP contribution in [0.1, 0.15) is 5.76 Å². The molecule has 5 heteroatoms. The second kappa shape index (κ2) is 5.57. The van der Waals surface area contributed by atoms with Gasteiger partial charge >= 0.3 is 0 Å².